The third kappa shape index (κ3) is 3.86. The van der Waals surface area contributed by atoms with Crippen LogP contribution in [0.15, 0.2) is 23.4 Å². The van der Waals surface area contributed by atoms with E-state index in [9.17, 15) is 4.79 Å². The molecule has 0 saturated carbocycles. The second kappa shape index (κ2) is 8.01. The molecule has 0 fully saturated rings. The molecule has 0 unspecified atom stereocenters. The molecule has 28 heavy (non-hydrogen) atoms. The van der Waals surface area contributed by atoms with Crippen LogP contribution in [0.25, 0.3) is 5.69 Å². The standard InChI is InChI=1S/C18H23N7O2S/c1-10-7-8-15(27-6)14(9-10)25-18(20-22-23-25)28-13(4)17(26)19-16-11(2)21-24(5)12(16)3/h7-9,13H,1-6H3,(H,19,26)/t13-/m0/s1. The summed E-state index contributed by atoms with van der Waals surface area (Å²) in [5.74, 6) is 0.508. The number of tetrazole rings is 1. The highest BCUT2D eigenvalue weighted by molar-refractivity contribution is 8.00. The lowest BCUT2D eigenvalue weighted by Crippen LogP contribution is -2.23. The topological polar surface area (TPSA) is 99.8 Å². The van der Waals surface area contributed by atoms with Crippen molar-refractivity contribution < 1.29 is 9.53 Å². The minimum absolute atomic E-state index is 0.144. The Balaban J connectivity index is 1.81. The fourth-order valence-corrected chi connectivity index (χ4v) is 3.56. The first-order chi connectivity index (χ1) is 13.3. The average molecular weight is 401 g/mol. The van der Waals surface area contributed by atoms with Crippen molar-refractivity contribution >= 4 is 23.4 Å². The van der Waals surface area contributed by atoms with Crippen molar-refractivity contribution in [2.45, 2.75) is 38.1 Å². The Labute approximate surface area is 167 Å². The molecule has 0 radical (unpaired) electrons. The fraction of sp³-hybridized carbons (Fsp3) is 0.389. The summed E-state index contributed by atoms with van der Waals surface area (Å²) in [5, 5.41) is 19.3. The number of nitrogens with zero attached hydrogens (tertiary/aromatic N) is 6. The van der Waals surface area contributed by atoms with Gasteiger partial charge in [-0.25, -0.2) is 0 Å². The van der Waals surface area contributed by atoms with E-state index < -0.39 is 5.25 Å². The van der Waals surface area contributed by atoms with Crippen LogP contribution in [-0.4, -0.2) is 48.3 Å². The molecule has 0 spiro atoms. The number of ether oxygens (including phenoxy) is 1. The number of anilines is 1. The molecule has 1 aromatic carbocycles. The maximum Gasteiger partial charge on any atom is 0.237 e. The van der Waals surface area contributed by atoms with E-state index in [2.05, 4.69) is 25.9 Å². The molecule has 3 aromatic rings. The molecule has 0 saturated heterocycles. The van der Waals surface area contributed by atoms with E-state index in [-0.39, 0.29) is 5.91 Å². The number of nitrogens with one attached hydrogen (secondary N) is 1. The van der Waals surface area contributed by atoms with Gasteiger partial charge < -0.3 is 10.1 Å². The zero-order valence-electron chi connectivity index (χ0n) is 16.7. The van der Waals surface area contributed by atoms with Crippen LogP contribution in [0.3, 0.4) is 0 Å². The number of carbonyl (C=O) groups is 1. The maximum absolute atomic E-state index is 12.7. The number of benzene rings is 1. The van der Waals surface area contributed by atoms with Gasteiger partial charge in [0.25, 0.3) is 0 Å². The second-order valence-corrected chi connectivity index (χ2v) is 7.78. The lowest BCUT2D eigenvalue weighted by molar-refractivity contribution is -0.115. The zero-order chi connectivity index (χ0) is 20.4. The summed E-state index contributed by atoms with van der Waals surface area (Å²) in [5.41, 5.74) is 4.19. The van der Waals surface area contributed by atoms with Crippen LogP contribution in [0.4, 0.5) is 5.69 Å². The van der Waals surface area contributed by atoms with Gasteiger partial charge >= 0.3 is 0 Å². The Morgan fingerprint density at radius 3 is 2.68 bits per heavy atom. The summed E-state index contributed by atoms with van der Waals surface area (Å²) in [6.45, 7) is 7.57. The number of methoxy groups -OCH3 is 1. The zero-order valence-corrected chi connectivity index (χ0v) is 17.5. The van der Waals surface area contributed by atoms with Gasteiger partial charge in [0.2, 0.25) is 11.1 Å². The number of thioether (sulfide) groups is 1. The Kier molecular flexibility index (Phi) is 5.68. The van der Waals surface area contributed by atoms with Gasteiger partial charge in [-0.2, -0.15) is 9.78 Å². The highest BCUT2D eigenvalue weighted by Gasteiger charge is 2.22. The molecule has 2 aromatic heterocycles. The van der Waals surface area contributed by atoms with E-state index in [1.54, 1.807) is 16.5 Å². The van der Waals surface area contributed by atoms with Crippen molar-refractivity contribution in [1.29, 1.82) is 0 Å². The minimum Gasteiger partial charge on any atom is -0.494 e. The van der Waals surface area contributed by atoms with E-state index >= 15 is 0 Å². The van der Waals surface area contributed by atoms with Crippen LogP contribution in [0.1, 0.15) is 23.9 Å². The molecular formula is C18H23N7O2S. The number of aryl methyl sites for hydroxylation is 3. The van der Waals surface area contributed by atoms with Crippen LogP contribution in [0, 0.1) is 20.8 Å². The van der Waals surface area contributed by atoms with Crippen molar-refractivity contribution in [2.75, 3.05) is 12.4 Å². The number of carbonyl (C=O) groups excluding carboxylic acids is 1. The monoisotopic (exact) mass is 401 g/mol. The number of hydrogen-bond acceptors (Lipinski definition) is 7. The lowest BCUT2D eigenvalue weighted by Gasteiger charge is -2.13. The molecule has 9 nitrogen and oxygen atoms in total. The van der Waals surface area contributed by atoms with Crippen LogP contribution in [0.2, 0.25) is 0 Å². The van der Waals surface area contributed by atoms with Crippen molar-refractivity contribution in [3.8, 4) is 11.4 Å². The van der Waals surface area contributed by atoms with E-state index in [0.717, 1.165) is 28.3 Å². The summed E-state index contributed by atoms with van der Waals surface area (Å²) in [4.78, 5) is 12.7. The van der Waals surface area contributed by atoms with Crippen molar-refractivity contribution in [3.05, 3.63) is 35.2 Å². The summed E-state index contributed by atoms with van der Waals surface area (Å²) in [7, 11) is 3.44. The number of rotatable bonds is 6. The van der Waals surface area contributed by atoms with Crippen molar-refractivity contribution in [1.82, 2.24) is 30.0 Å². The van der Waals surface area contributed by atoms with Gasteiger partial charge in [-0.1, -0.05) is 17.8 Å². The number of amides is 1. The van der Waals surface area contributed by atoms with Gasteiger partial charge in [0.15, 0.2) is 0 Å². The third-order valence-corrected chi connectivity index (χ3v) is 5.45. The highest BCUT2D eigenvalue weighted by Crippen LogP contribution is 2.29. The van der Waals surface area contributed by atoms with Crippen molar-refractivity contribution in [3.63, 3.8) is 0 Å². The largest absolute Gasteiger partial charge is 0.494 e. The molecule has 0 aliphatic carbocycles. The first-order valence-corrected chi connectivity index (χ1v) is 9.61. The van der Waals surface area contributed by atoms with Crippen LogP contribution < -0.4 is 10.1 Å². The normalized spacial score (nSPS) is 12.1. The second-order valence-electron chi connectivity index (χ2n) is 6.47. The highest BCUT2D eigenvalue weighted by atomic mass is 32.2. The summed E-state index contributed by atoms with van der Waals surface area (Å²) < 4.78 is 8.75. The van der Waals surface area contributed by atoms with Crippen molar-refractivity contribution in [2.24, 2.45) is 7.05 Å². The molecule has 1 atom stereocenters. The van der Waals surface area contributed by atoms with E-state index in [1.165, 1.54) is 11.8 Å². The van der Waals surface area contributed by atoms with Crippen LogP contribution in [0.5, 0.6) is 5.75 Å². The summed E-state index contributed by atoms with van der Waals surface area (Å²) in [6.07, 6.45) is 0. The molecule has 3 rings (SSSR count). The van der Waals surface area contributed by atoms with Gasteiger partial charge in [0, 0.05) is 7.05 Å². The van der Waals surface area contributed by atoms with Gasteiger partial charge in [-0.3, -0.25) is 9.48 Å². The molecule has 10 heteroatoms. The Morgan fingerprint density at radius 2 is 2.04 bits per heavy atom. The molecule has 148 valence electrons. The minimum atomic E-state index is -0.417. The molecule has 1 N–H and O–H groups in total. The SMILES string of the molecule is COc1ccc(C)cc1-n1nnnc1S[C@@H](C)C(=O)Nc1c(C)nn(C)c1C. The van der Waals surface area contributed by atoms with Gasteiger partial charge in [-0.15, -0.1) is 5.10 Å². The predicted octanol–water partition coefficient (Wildman–Crippen LogP) is 2.45. The van der Waals surface area contributed by atoms with Crippen LogP contribution >= 0.6 is 11.8 Å². The smallest absolute Gasteiger partial charge is 0.237 e. The number of aromatic nitrogens is 6. The fourth-order valence-electron chi connectivity index (χ4n) is 2.76. The summed E-state index contributed by atoms with van der Waals surface area (Å²) >= 11 is 1.27. The van der Waals surface area contributed by atoms with E-state index in [0.29, 0.717) is 10.9 Å². The van der Waals surface area contributed by atoms with Gasteiger partial charge in [0.1, 0.15) is 11.4 Å². The van der Waals surface area contributed by atoms with Gasteiger partial charge in [0.05, 0.1) is 29.4 Å². The first kappa shape index (κ1) is 19.9. The molecule has 1 amide bonds. The Hall–Kier alpha value is -2.88. The molecule has 0 aliphatic heterocycles. The Morgan fingerprint density at radius 1 is 1.29 bits per heavy atom. The van der Waals surface area contributed by atoms with E-state index in [1.807, 2.05) is 52.9 Å². The Bertz CT molecular complexity index is 1010. The average Bonchev–Trinajstić information content (AvgIpc) is 3.21. The predicted molar refractivity (Wildman–Crippen MR) is 107 cm³/mol. The van der Waals surface area contributed by atoms with Gasteiger partial charge in [-0.05, 0) is 55.8 Å². The van der Waals surface area contributed by atoms with Crippen LogP contribution in [-0.2, 0) is 11.8 Å². The molecule has 2 heterocycles. The third-order valence-electron chi connectivity index (χ3n) is 4.41. The first-order valence-electron chi connectivity index (χ1n) is 8.73. The quantitative estimate of drug-likeness (QED) is 0.633. The maximum atomic E-state index is 12.7. The summed E-state index contributed by atoms with van der Waals surface area (Å²) in [6, 6.07) is 5.76. The van der Waals surface area contributed by atoms with E-state index in [4.69, 9.17) is 4.74 Å². The molecule has 0 aliphatic rings. The molecular weight excluding hydrogens is 378 g/mol. The molecule has 0 bridgehead atoms. The number of hydrogen-bond donors (Lipinski definition) is 1. The lowest BCUT2D eigenvalue weighted by atomic mass is 10.2.